The van der Waals surface area contributed by atoms with Crippen molar-refractivity contribution >= 4 is 23.2 Å². The summed E-state index contributed by atoms with van der Waals surface area (Å²) in [4.78, 5) is 11.8. The fourth-order valence-corrected chi connectivity index (χ4v) is 1.75. The second-order valence-electron chi connectivity index (χ2n) is 3.81. The lowest BCUT2D eigenvalue weighted by Gasteiger charge is -2.26. The van der Waals surface area contributed by atoms with Crippen molar-refractivity contribution in [3.8, 4) is 0 Å². The smallest absolute Gasteiger partial charge is 0.253 e. The molecule has 3 nitrogen and oxygen atoms in total. The molecule has 1 amide bonds. The third-order valence-electron chi connectivity index (χ3n) is 2.71. The van der Waals surface area contributed by atoms with Gasteiger partial charge in [-0.25, -0.2) is 0 Å². The van der Waals surface area contributed by atoms with Gasteiger partial charge in [-0.1, -0.05) is 17.7 Å². The number of amides is 1. The highest BCUT2D eigenvalue weighted by Crippen LogP contribution is 2.24. The van der Waals surface area contributed by atoms with Gasteiger partial charge in [-0.05, 0) is 31.4 Å². The number of benzene rings is 1. The second kappa shape index (κ2) is 4.11. The molecular formula is C11H13ClN2O. The summed E-state index contributed by atoms with van der Waals surface area (Å²) < 4.78 is 0. The Morgan fingerprint density at radius 2 is 2.20 bits per heavy atom. The molecule has 2 rings (SSSR count). The number of nitrogen functional groups attached to an aromatic ring is 1. The van der Waals surface area contributed by atoms with Gasteiger partial charge in [0.05, 0.1) is 16.3 Å². The molecule has 0 heterocycles. The molecule has 0 saturated heterocycles. The van der Waals surface area contributed by atoms with Crippen molar-refractivity contribution < 1.29 is 4.79 Å². The van der Waals surface area contributed by atoms with E-state index in [1.165, 1.54) is 6.42 Å². The molecule has 1 aromatic carbocycles. The summed E-state index contributed by atoms with van der Waals surface area (Å²) in [6.45, 7) is 0. The molecule has 1 fully saturated rings. The lowest BCUT2D eigenvalue weighted by Crippen LogP contribution is -2.39. The van der Waals surface area contributed by atoms with Gasteiger partial charge in [-0.2, -0.15) is 0 Å². The number of halogens is 1. The van der Waals surface area contributed by atoms with Crippen LogP contribution in [0.2, 0.25) is 5.02 Å². The molecule has 1 saturated carbocycles. The molecule has 0 radical (unpaired) electrons. The number of carbonyl (C=O) groups excluding carboxylic acids is 1. The summed E-state index contributed by atoms with van der Waals surface area (Å²) in [5, 5.41) is 3.26. The Kier molecular flexibility index (Phi) is 2.82. The number of hydrogen-bond acceptors (Lipinski definition) is 2. The van der Waals surface area contributed by atoms with Crippen LogP contribution in [0, 0.1) is 0 Å². The first kappa shape index (κ1) is 10.3. The Labute approximate surface area is 93.6 Å². The van der Waals surface area contributed by atoms with Crippen molar-refractivity contribution in [3.05, 3.63) is 28.8 Å². The van der Waals surface area contributed by atoms with Gasteiger partial charge in [0.2, 0.25) is 0 Å². The molecule has 80 valence electrons. The maximum Gasteiger partial charge on any atom is 0.253 e. The predicted octanol–water partition coefficient (Wildman–Crippen LogP) is 2.20. The first-order valence-electron chi connectivity index (χ1n) is 5.03. The Morgan fingerprint density at radius 1 is 1.47 bits per heavy atom. The summed E-state index contributed by atoms with van der Waals surface area (Å²) in [7, 11) is 0. The molecule has 1 aromatic rings. The summed E-state index contributed by atoms with van der Waals surface area (Å²) in [6, 6.07) is 5.42. The summed E-state index contributed by atoms with van der Waals surface area (Å²) >= 11 is 5.95. The Hall–Kier alpha value is -1.22. The van der Waals surface area contributed by atoms with Gasteiger partial charge in [0, 0.05) is 6.04 Å². The lowest BCUT2D eigenvalue weighted by molar-refractivity contribution is 0.0917. The van der Waals surface area contributed by atoms with E-state index in [0.717, 1.165) is 12.8 Å². The predicted molar refractivity (Wildman–Crippen MR) is 61.0 cm³/mol. The number of nitrogens with one attached hydrogen (secondary N) is 1. The van der Waals surface area contributed by atoms with Crippen LogP contribution in [-0.4, -0.2) is 11.9 Å². The summed E-state index contributed by atoms with van der Waals surface area (Å²) in [5.74, 6) is -0.128. The fourth-order valence-electron chi connectivity index (χ4n) is 1.54. The number of anilines is 1. The molecule has 0 bridgehead atoms. The van der Waals surface area contributed by atoms with E-state index in [9.17, 15) is 4.79 Å². The van der Waals surface area contributed by atoms with Crippen molar-refractivity contribution in [2.75, 3.05) is 5.73 Å². The van der Waals surface area contributed by atoms with E-state index >= 15 is 0 Å². The molecule has 0 atom stereocenters. The van der Waals surface area contributed by atoms with Crippen molar-refractivity contribution in [2.24, 2.45) is 0 Å². The monoisotopic (exact) mass is 224 g/mol. The van der Waals surface area contributed by atoms with Crippen molar-refractivity contribution in [2.45, 2.75) is 25.3 Å². The molecular weight excluding hydrogens is 212 g/mol. The van der Waals surface area contributed by atoms with Gasteiger partial charge in [0.1, 0.15) is 0 Å². The van der Waals surface area contributed by atoms with E-state index in [0.29, 0.717) is 22.3 Å². The lowest BCUT2D eigenvalue weighted by atomic mass is 9.93. The van der Waals surface area contributed by atoms with Crippen LogP contribution in [0.15, 0.2) is 18.2 Å². The minimum Gasteiger partial charge on any atom is -0.398 e. The largest absolute Gasteiger partial charge is 0.398 e. The van der Waals surface area contributed by atoms with Gasteiger partial charge in [0.15, 0.2) is 0 Å². The van der Waals surface area contributed by atoms with Crippen LogP contribution >= 0.6 is 11.6 Å². The highest BCUT2D eigenvalue weighted by atomic mass is 35.5. The molecule has 0 spiro atoms. The van der Waals surface area contributed by atoms with E-state index in [4.69, 9.17) is 17.3 Å². The van der Waals surface area contributed by atoms with Crippen LogP contribution in [0.25, 0.3) is 0 Å². The van der Waals surface area contributed by atoms with Gasteiger partial charge >= 0.3 is 0 Å². The van der Waals surface area contributed by atoms with Crippen LogP contribution in [0.4, 0.5) is 5.69 Å². The first-order valence-corrected chi connectivity index (χ1v) is 5.41. The zero-order valence-electron chi connectivity index (χ0n) is 8.29. The quantitative estimate of drug-likeness (QED) is 0.757. The fraction of sp³-hybridized carbons (Fsp3) is 0.364. The molecule has 15 heavy (non-hydrogen) atoms. The summed E-state index contributed by atoms with van der Waals surface area (Å²) in [5.41, 5.74) is 6.53. The van der Waals surface area contributed by atoms with E-state index < -0.39 is 0 Å². The summed E-state index contributed by atoms with van der Waals surface area (Å²) in [6.07, 6.45) is 3.31. The van der Waals surface area contributed by atoms with Gasteiger partial charge in [-0.15, -0.1) is 0 Å². The maximum absolute atomic E-state index is 11.8. The van der Waals surface area contributed by atoms with E-state index in [-0.39, 0.29) is 5.91 Å². The van der Waals surface area contributed by atoms with Crippen molar-refractivity contribution in [1.29, 1.82) is 0 Å². The van der Waals surface area contributed by atoms with E-state index in [1.807, 2.05) is 0 Å². The highest BCUT2D eigenvalue weighted by Gasteiger charge is 2.21. The SMILES string of the molecule is Nc1cccc(C(=O)NC2CCC2)c1Cl. The zero-order chi connectivity index (χ0) is 10.8. The maximum atomic E-state index is 11.8. The highest BCUT2D eigenvalue weighted by molar-refractivity contribution is 6.36. The number of hydrogen-bond donors (Lipinski definition) is 2. The standard InChI is InChI=1S/C11H13ClN2O/c12-10-8(5-2-6-9(10)13)11(15)14-7-3-1-4-7/h2,5-7H,1,3-4,13H2,(H,14,15). The molecule has 0 aromatic heterocycles. The second-order valence-corrected chi connectivity index (χ2v) is 4.19. The third-order valence-corrected chi connectivity index (χ3v) is 3.14. The minimum absolute atomic E-state index is 0.128. The van der Waals surface area contributed by atoms with Crippen LogP contribution in [0.3, 0.4) is 0 Å². The number of rotatable bonds is 2. The molecule has 0 unspecified atom stereocenters. The van der Waals surface area contributed by atoms with Crippen LogP contribution in [-0.2, 0) is 0 Å². The average molecular weight is 225 g/mol. The Morgan fingerprint density at radius 3 is 2.80 bits per heavy atom. The van der Waals surface area contributed by atoms with E-state index in [1.54, 1.807) is 18.2 Å². The first-order chi connectivity index (χ1) is 7.18. The van der Waals surface area contributed by atoms with Crippen LogP contribution in [0.1, 0.15) is 29.6 Å². The molecule has 1 aliphatic rings. The molecule has 1 aliphatic carbocycles. The van der Waals surface area contributed by atoms with Crippen LogP contribution < -0.4 is 11.1 Å². The number of nitrogens with two attached hydrogens (primary N) is 1. The normalized spacial score (nSPS) is 15.8. The third kappa shape index (κ3) is 2.07. The Bertz CT molecular complexity index is 388. The van der Waals surface area contributed by atoms with Crippen LogP contribution in [0.5, 0.6) is 0 Å². The number of carbonyl (C=O) groups is 1. The van der Waals surface area contributed by atoms with Gasteiger partial charge in [-0.3, -0.25) is 4.79 Å². The molecule has 0 aliphatic heterocycles. The van der Waals surface area contributed by atoms with E-state index in [2.05, 4.69) is 5.32 Å². The minimum atomic E-state index is -0.128. The molecule has 4 heteroatoms. The van der Waals surface area contributed by atoms with Crippen molar-refractivity contribution in [3.63, 3.8) is 0 Å². The average Bonchev–Trinajstić information content (AvgIpc) is 2.15. The topological polar surface area (TPSA) is 55.1 Å². The van der Waals surface area contributed by atoms with Gasteiger partial charge < -0.3 is 11.1 Å². The van der Waals surface area contributed by atoms with Gasteiger partial charge in [0.25, 0.3) is 5.91 Å². The Balaban J connectivity index is 2.13. The molecule has 3 N–H and O–H groups in total. The zero-order valence-corrected chi connectivity index (χ0v) is 9.05. The van der Waals surface area contributed by atoms with Crippen molar-refractivity contribution in [1.82, 2.24) is 5.32 Å².